The number of piperazine rings is 1. The average Bonchev–Trinajstić information content (AvgIpc) is 2.67. The summed E-state index contributed by atoms with van der Waals surface area (Å²) < 4.78 is 0. The van der Waals surface area contributed by atoms with Gasteiger partial charge in [0.05, 0.1) is 6.42 Å². The number of amides is 2. The third kappa shape index (κ3) is 4.94. The van der Waals surface area contributed by atoms with Gasteiger partial charge in [-0.05, 0) is 24.5 Å². The van der Waals surface area contributed by atoms with Gasteiger partial charge in [0.25, 0.3) is 0 Å². The number of nitrogens with zero attached hydrogens (tertiary/aromatic N) is 2. The van der Waals surface area contributed by atoms with Crippen LogP contribution in [0, 0.1) is 6.92 Å². The molecule has 2 aromatic carbocycles. The van der Waals surface area contributed by atoms with Gasteiger partial charge < -0.3 is 9.80 Å². The molecule has 26 heavy (non-hydrogen) atoms. The molecule has 0 atom stereocenters. The molecule has 1 saturated heterocycles. The van der Waals surface area contributed by atoms with Crippen LogP contribution in [-0.4, -0.2) is 47.8 Å². The molecule has 0 N–H and O–H groups in total. The van der Waals surface area contributed by atoms with Gasteiger partial charge in [-0.15, -0.1) is 0 Å². The predicted molar refractivity (Wildman–Crippen MR) is 103 cm³/mol. The van der Waals surface area contributed by atoms with Crippen LogP contribution >= 0.6 is 0 Å². The zero-order valence-corrected chi connectivity index (χ0v) is 15.4. The number of hydrogen-bond donors (Lipinski definition) is 0. The zero-order chi connectivity index (χ0) is 18.4. The predicted octanol–water partition coefficient (Wildman–Crippen LogP) is 2.84. The summed E-state index contributed by atoms with van der Waals surface area (Å²) in [7, 11) is 0. The summed E-state index contributed by atoms with van der Waals surface area (Å²) in [5, 5.41) is 0. The zero-order valence-electron chi connectivity index (χ0n) is 15.4. The SMILES string of the molecule is Cc1cccc(CC(=O)N2CCN(C(=O)CCc3ccccc3)CC2)c1. The Hall–Kier alpha value is -2.62. The lowest BCUT2D eigenvalue weighted by atomic mass is 10.1. The molecule has 4 heteroatoms. The minimum Gasteiger partial charge on any atom is -0.339 e. The van der Waals surface area contributed by atoms with E-state index in [1.54, 1.807) is 0 Å². The highest BCUT2D eigenvalue weighted by atomic mass is 16.2. The molecule has 2 aromatic rings. The maximum atomic E-state index is 12.5. The minimum absolute atomic E-state index is 0.145. The molecule has 0 bridgehead atoms. The minimum atomic E-state index is 0.145. The number of benzene rings is 2. The molecular formula is C22H26N2O2. The molecule has 4 nitrogen and oxygen atoms in total. The number of carbonyl (C=O) groups excluding carboxylic acids is 2. The third-order valence-corrected chi connectivity index (χ3v) is 4.89. The second kappa shape index (κ2) is 8.65. The Kier molecular flexibility index (Phi) is 6.05. The van der Waals surface area contributed by atoms with Gasteiger partial charge in [-0.1, -0.05) is 60.2 Å². The van der Waals surface area contributed by atoms with Crippen LogP contribution in [0.25, 0.3) is 0 Å². The normalized spacial score (nSPS) is 14.3. The monoisotopic (exact) mass is 350 g/mol. The lowest BCUT2D eigenvalue weighted by molar-refractivity contribution is -0.139. The Morgan fingerprint density at radius 3 is 2.08 bits per heavy atom. The maximum absolute atomic E-state index is 12.5. The van der Waals surface area contributed by atoms with Crippen molar-refractivity contribution in [1.82, 2.24) is 9.80 Å². The summed E-state index contributed by atoms with van der Waals surface area (Å²) >= 11 is 0. The van der Waals surface area contributed by atoms with Gasteiger partial charge in [-0.3, -0.25) is 9.59 Å². The first kappa shape index (κ1) is 18.2. The van der Waals surface area contributed by atoms with Gasteiger partial charge in [0.1, 0.15) is 0 Å². The Balaban J connectivity index is 1.44. The van der Waals surface area contributed by atoms with E-state index in [0.29, 0.717) is 39.0 Å². The molecule has 0 saturated carbocycles. The van der Waals surface area contributed by atoms with E-state index >= 15 is 0 Å². The summed E-state index contributed by atoms with van der Waals surface area (Å²) in [5.41, 5.74) is 3.41. The van der Waals surface area contributed by atoms with Gasteiger partial charge >= 0.3 is 0 Å². The van der Waals surface area contributed by atoms with Crippen molar-refractivity contribution in [1.29, 1.82) is 0 Å². The summed E-state index contributed by atoms with van der Waals surface area (Å²) in [5.74, 6) is 0.326. The van der Waals surface area contributed by atoms with Crippen LogP contribution in [0.4, 0.5) is 0 Å². The summed E-state index contributed by atoms with van der Waals surface area (Å²) in [4.78, 5) is 28.7. The number of carbonyl (C=O) groups is 2. The maximum Gasteiger partial charge on any atom is 0.227 e. The first-order valence-electron chi connectivity index (χ1n) is 9.27. The van der Waals surface area contributed by atoms with Crippen molar-refractivity contribution >= 4 is 11.8 Å². The van der Waals surface area contributed by atoms with Crippen molar-refractivity contribution in [3.05, 3.63) is 71.3 Å². The van der Waals surface area contributed by atoms with Gasteiger partial charge in [0.2, 0.25) is 11.8 Å². The van der Waals surface area contributed by atoms with E-state index in [4.69, 9.17) is 0 Å². The molecule has 0 aliphatic carbocycles. The molecule has 1 aliphatic heterocycles. The van der Waals surface area contributed by atoms with E-state index in [2.05, 4.69) is 18.2 Å². The Morgan fingerprint density at radius 1 is 0.808 bits per heavy atom. The van der Waals surface area contributed by atoms with Crippen molar-refractivity contribution in [2.45, 2.75) is 26.2 Å². The summed E-state index contributed by atoms with van der Waals surface area (Å²) in [6, 6.07) is 18.2. The summed E-state index contributed by atoms with van der Waals surface area (Å²) in [6.07, 6.45) is 1.73. The first-order chi connectivity index (χ1) is 12.6. The van der Waals surface area contributed by atoms with E-state index in [0.717, 1.165) is 12.0 Å². The Labute approximate surface area is 155 Å². The first-order valence-corrected chi connectivity index (χ1v) is 9.27. The van der Waals surface area contributed by atoms with Crippen LogP contribution in [0.3, 0.4) is 0 Å². The molecule has 2 amide bonds. The molecule has 0 radical (unpaired) electrons. The van der Waals surface area contributed by atoms with Crippen molar-refractivity contribution in [3.63, 3.8) is 0 Å². The van der Waals surface area contributed by atoms with E-state index < -0.39 is 0 Å². The van der Waals surface area contributed by atoms with E-state index in [9.17, 15) is 9.59 Å². The molecule has 1 aliphatic rings. The topological polar surface area (TPSA) is 40.6 Å². The molecule has 3 rings (SSSR count). The standard InChI is InChI=1S/C22H26N2O2/c1-18-6-5-9-20(16-18)17-22(26)24-14-12-23(13-15-24)21(25)11-10-19-7-3-2-4-8-19/h2-9,16H,10-15,17H2,1H3. The number of hydrogen-bond acceptors (Lipinski definition) is 2. The molecular weight excluding hydrogens is 324 g/mol. The van der Waals surface area contributed by atoms with Crippen molar-refractivity contribution in [2.24, 2.45) is 0 Å². The fraction of sp³-hybridized carbons (Fsp3) is 0.364. The second-order valence-corrected chi connectivity index (χ2v) is 6.91. The van der Waals surface area contributed by atoms with Crippen molar-refractivity contribution < 1.29 is 9.59 Å². The lowest BCUT2D eigenvalue weighted by Crippen LogP contribution is -2.51. The largest absolute Gasteiger partial charge is 0.339 e. The van der Waals surface area contributed by atoms with E-state index in [-0.39, 0.29) is 11.8 Å². The Morgan fingerprint density at radius 2 is 1.42 bits per heavy atom. The second-order valence-electron chi connectivity index (χ2n) is 6.91. The van der Waals surface area contributed by atoms with Gasteiger partial charge in [0, 0.05) is 32.6 Å². The molecule has 1 heterocycles. The van der Waals surface area contributed by atoms with E-state index in [1.165, 1.54) is 11.1 Å². The van der Waals surface area contributed by atoms with Crippen molar-refractivity contribution in [2.75, 3.05) is 26.2 Å². The Bertz CT molecular complexity index is 750. The number of rotatable bonds is 5. The molecule has 0 aromatic heterocycles. The fourth-order valence-corrected chi connectivity index (χ4v) is 3.37. The highest BCUT2D eigenvalue weighted by Crippen LogP contribution is 2.11. The van der Waals surface area contributed by atoms with Gasteiger partial charge in [-0.25, -0.2) is 0 Å². The summed E-state index contributed by atoms with van der Waals surface area (Å²) in [6.45, 7) is 4.55. The van der Waals surface area contributed by atoms with Crippen molar-refractivity contribution in [3.8, 4) is 0 Å². The third-order valence-electron chi connectivity index (χ3n) is 4.89. The average molecular weight is 350 g/mol. The lowest BCUT2D eigenvalue weighted by Gasteiger charge is -2.35. The molecule has 0 spiro atoms. The fourth-order valence-electron chi connectivity index (χ4n) is 3.37. The molecule has 1 fully saturated rings. The van der Waals surface area contributed by atoms with Crippen LogP contribution in [0.2, 0.25) is 0 Å². The van der Waals surface area contributed by atoms with E-state index in [1.807, 2.05) is 53.1 Å². The van der Waals surface area contributed by atoms with Gasteiger partial charge in [0.15, 0.2) is 0 Å². The van der Waals surface area contributed by atoms with Crippen LogP contribution in [0.15, 0.2) is 54.6 Å². The van der Waals surface area contributed by atoms with Gasteiger partial charge in [-0.2, -0.15) is 0 Å². The highest BCUT2D eigenvalue weighted by molar-refractivity contribution is 5.80. The quantitative estimate of drug-likeness (QED) is 0.832. The molecule has 136 valence electrons. The highest BCUT2D eigenvalue weighted by Gasteiger charge is 2.23. The number of aryl methyl sites for hydroxylation is 2. The van der Waals surface area contributed by atoms with Crippen LogP contribution in [0.1, 0.15) is 23.1 Å². The smallest absolute Gasteiger partial charge is 0.227 e. The van der Waals surface area contributed by atoms with Crippen LogP contribution in [-0.2, 0) is 22.4 Å². The molecule has 0 unspecified atom stereocenters. The van der Waals surface area contributed by atoms with Crippen LogP contribution in [0.5, 0.6) is 0 Å². The van der Waals surface area contributed by atoms with Crippen LogP contribution < -0.4 is 0 Å².